The lowest BCUT2D eigenvalue weighted by atomic mass is 9.94. The SMILES string of the molecule is CC1(C)CC(Nc2ncc(Br)cn2)CCO1. The molecule has 0 aliphatic carbocycles. The quantitative estimate of drug-likeness (QED) is 0.907. The zero-order valence-electron chi connectivity index (χ0n) is 9.53. The Morgan fingerprint density at radius 3 is 2.75 bits per heavy atom. The summed E-state index contributed by atoms with van der Waals surface area (Å²) in [6.45, 7) is 5.02. The van der Waals surface area contributed by atoms with Gasteiger partial charge in [-0.3, -0.25) is 0 Å². The zero-order valence-corrected chi connectivity index (χ0v) is 11.1. The third-order valence-electron chi connectivity index (χ3n) is 2.65. The monoisotopic (exact) mass is 285 g/mol. The molecule has 1 aromatic rings. The van der Waals surface area contributed by atoms with Gasteiger partial charge in [0.15, 0.2) is 0 Å². The number of aromatic nitrogens is 2. The molecule has 1 atom stereocenters. The molecule has 88 valence electrons. The van der Waals surface area contributed by atoms with E-state index in [0.717, 1.165) is 23.9 Å². The smallest absolute Gasteiger partial charge is 0.222 e. The van der Waals surface area contributed by atoms with Crippen LogP contribution in [0.4, 0.5) is 5.95 Å². The lowest BCUT2D eigenvalue weighted by Crippen LogP contribution is -2.40. The van der Waals surface area contributed by atoms with E-state index in [0.29, 0.717) is 12.0 Å². The van der Waals surface area contributed by atoms with Crippen LogP contribution in [0.2, 0.25) is 0 Å². The van der Waals surface area contributed by atoms with Crippen LogP contribution in [0.1, 0.15) is 26.7 Å². The van der Waals surface area contributed by atoms with Crippen LogP contribution >= 0.6 is 15.9 Å². The van der Waals surface area contributed by atoms with Crippen molar-refractivity contribution in [3.63, 3.8) is 0 Å². The summed E-state index contributed by atoms with van der Waals surface area (Å²) < 4.78 is 6.56. The number of anilines is 1. The molecule has 1 saturated heterocycles. The zero-order chi connectivity index (χ0) is 11.6. The first-order chi connectivity index (χ1) is 7.55. The van der Waals surface area contributed by atoms with E-state index in [1.807, 2.05) is 0 Å². The lowest BCUT2D eigenvalue weighted by Gasteiger charge is -2.35. The predicted octanol–water partition coefficient (Wildman–Crippen LogP) is 2.61. The number of nitrogens with zero attached hydrogens (tertiary/aromatic N) is 2. The van der Waals surface area contributed by atoms with Crippen molar-refractivity contribution >= 4 is 21.9 Å². The lowest BCUT2D eigenvalue weighted by molar-refractivity contribution is -0.0553. The van der Waals surface area contributed by atoms with E-state index in [4.69, 9.17) is 4.74 Å². The van der Waals surface area contributed by atoms with Crippen LogP contribution in [0, 0.1) is 0 Å². The maximum absolute atomic E-state index is 5.66. The van der Waals surface area contributed by atoms with Crippen LogP contribution in [0.5, 0.6) is 0 Å². The normalized spacial score (nSPS) is 24.1. The second kappa shape index (κ2) is 4.67. The molecule has 16 heavy (non-hydrogen) atoms. The minimum absolute atomic E-state index is 0.0503. The minimum atomic E-state index is -0.0503. The van der Waals surface area contributed by atoms with Crippen molar-refractivity contribution in [3.8, 4) is 0 Å². The molecule has 1 aromatic heterocycles. The highest BCUT2D eigenvalue weighted by atomic mass is 79.9. The molecule has 0 radical (unpaired) electrons. The molecule has 2 rings (SSSR count). The fourth-order valence-corrected chi connectivity index (χ4v) is 2.13. The number of halogens is 1. The maximum atomic E-state index is 5.66. The minimum Gasteiger partial charge on any atom is -0.375 e. The third-order valence-corrected chi connectivity index (χ3v) is 3.06. The largest absolute Gasteiger partial charge is 0.375 e. The molecular formula is C11H16BrN3O. The molecule has 1 unspecified atom stereocenters. The Morgan fingerprint density at radius 1 is 1.44 bits per heavy atom. The average Bonchev–Trinajstić information content (AvgIpc) is 2.20. The fraction of sp³-hybridized carbons (Fsp3) is 0.636. The molecule has 0 bridgehead atoms. The summed E-state index contributed by atoms with van der Waals surface area (Å²) in [5.74, 6) is 0.686. The van der Waals surface area contributed by atoms with E-state index < -0.39 is 0 Å². The molecule has 1 fully saturated rings. The Balaban J connectivity index is 1.97. The molecule has 1 aliphatic rings. The summed E-state index contributed by atoms with van der Waals surface area (Å²) in [4.78, 5) is 8.42. The molecule has 0 spiro atoms. The molecule has 0 saturated carbocycles. The topological polar surface area (TPSA) is 47.0 Å². The van der Waals surface area contributed by atoms with Gasteiger partial charge < -0.3 is 10.1 Å². The van der Waals surface area contributed by atoms with Gasteiger partial charge in [0.1, 0.15) is 0 Å². The first-order valence-corrected chi connectivity index (χ1v) is 6.22. The van der Waals surface area contributed by atoms with Crippen molar-refractivity contribution in [1.29, 1.82) is 0 Å². The van der Waals surface area contributed by atoms with E-state index in [-0.39, 0.29) is 5.60 Å². The number of hydrogen-bond donors (Lipinski definition) is 1. The van der Waals surface area contributed by atoms with Gasteiger partial charge in [0.2, 0.25) is 5.95 Å². The maximum Gasteiger partial charge on any atom is 0.222 e. The standard InChI is InChI=1S/C11H16BrN3O/c1-11(2)5-9(3-4-16-11)15-10-13-6-8(12)7-14-10/h6-7,9H,3-5H2,1-2H3,(H,13,14,15). The van der Waals surface area contributed by atoms with Crippen LogP contribution in [0.3, 0.4) is 0 Å². The van der Waals surface area contributed by atoms with Crippen molar-refractivity contribution in [2.45, 2.75) is 38.3 Å². The summed E-state index contributed by atoms with van der Waals surface area (Å²) in [6.07, 6.45) is 5.48. The first kappa shape index (κ1) is 11.8. The van der Waals surface area contributed by atoms with Gasteiger partial charge in [-0.15, -0.1) is 0 Å². The van der Waals surface area contributed by atoms with Crippen LogP contribution in [-0.2, 0) is 4.74 Å². The van der Waals surface area contributed by atoms with E-state index in [1.165, 1.54) is 0 Å². The van der Waals surface area contributed by atoms with E-state index in [2.05, 4.69) is 45.1 Å². The van der Waals surface area contributed by atoms with Crippen molar-refractivity contribution in [1.82, 2.24) is 9.97 Å². The Hall–Kier alpha value is -0.680. The molecule has 2 heterocycles. The first-order valence-electron chi connectivity index (χ1n) is 5.43. The molecule has 1 N–H and O–H groups in total. The van der Waals surface area contributed by atoms with E-state index in [1.54, 1.807) is 12.4 Å². The van der Waals surface area contributed by atoms with Crippen LogP contribution in [-0.4, -0.2) is 28.2 Å². The van der Waals surface area contributed by atoms with Crippen molar-refractivity contribution in [2.24, 2.45) is 0 Å². The molecule has 0 amide bonds. The van der Waals surface area contributed by atoms with Crippen LogP contribution < -0.4 is 5.32 Å². The van der Waals surface area contributed by atoms with E-state index >= 15 is 0 Å². The molecule has 1 aliphatic heterocycles. The Labute approximate surface area is 104 Å². The highest BCUT2D eigenvalue weighted by molar-refractivity contribution is 9.10. The number of rotatable bonds is 2. The molecule has 4 nitrogen and oxygen atoms in total. The van der Waals surface area contributed by atoms with Crippen molar-refractivity contribution in [3.05, 3.63) is 16.9 Å². The van der Waals surface area contributed by atoms with Gasteiger partial charge in [0.25, 0.3) is 0 Å². The number of ether oxygens (including phenoxy) is 1. The van der Waals surface area contributed by atoms with Gasteiger partial charge in [-0.05, 0) is 42.6 Å². The fourth-order valence-electron chi connectivity index (χ4n) is 1.92. The molecule has 5 heteroatoms. The Morgan fingerprint density at radius 2 is 2.12 bits per heavy atom. The van der Waals surface area contributed by atoms with Crippen LogP contribution in [0.25, 0.3) is 0 Å². The predicted molar refractivity (Wildman–Crippen MR) is 66.4 cm³/mol. The Bertz CT molecular complexity index is 353. The second-order valence-corrected chi connectivity index (χ2v) is 5.58. The molecule has 0 aromatic carbocycles. The summed E-state index contributed by atoms with van der Waals surface area (Å²) in [7, 11) is 0. The van der Waals surface area contributed by atoms with Gasteiger partial charge in [0, 0.05) is 25.0 Å². The van der Waals surface area contributed by atoms with E-state index in [9.17, 15) is 0 Å². The van der Waals surface area contributed by atoms with Gasteiger partial charge >= 0.3 is 0 Å². The van der Waals surface area contributed by atoms with Crippen molar-refractivity contribution in [2.75, 3.05) is 11.9 Å². The average molecular weight is 286 g/mol. The highest BCUT2D eigenvalue weighted by Gasteiger charge is 2.28. The second-order valence-electron chi connectivity index (χ2n) is 4.67. The van der Waals surface area contributed by atoms with Gasteiger partial charge in [-0.25, -0.2) is 9.97 Å². The van der Waals surface area contributed by atoms with Crippen molar-refractivity contribution < 1.29 is 4.74 Å². The highest BCUT2D eigenvalue weighted by Crippen LogP contribution is 2.25. The summed E-state index contributed by atoms with van der Waals surface area (Å²) in [6, 6.07) is 0.393. The molecular weight excluding hydrogens is 270 g/mol. The summed E-state index contributed by atoms with van der Waals surface area (Å²) >= 11 is 3.32. The van der Waals surface area contributed by atoms with Crippen LogP contribution in [0.15, 0.2) is 16.9 Å². The van der Waals surface area contributed by atoms with Gasteiger partial charge in [-0.1, -0.05) is 0 Å². The summed E-state index contributed by atoms with van der Waals surface area (Å²) in [5, 5.41) is 3.34. The summed E-state index contributed by atoms with van der Waals surface area (Å²) in [5.41, 5.74) is -0.0503. The number of nitrogens with one attached hydrogen (secondary N) is 1. The third kappa shape index (κ3) is 3.15. The Kier molecular flexibility index (Phi) is 3.44. The number of hydrogen-bond acceptors (Lipinski definition) is 4. The van der Waals surface area contributed by atoms with Gasteiger partial charge in [-0.2, -0.15) is 0 Å². The van der Waals surface area contributed by atoms with Gasteiger partial charge in [0.05, 0.1) is 10.1 Å².